The Hall–Kier alpha value is -9.67. The number of carboxylic acids is 1. The van der Waals surface area contributed by atoms with Gasteiger partial charge in [0.25, 0.3) is 5.91 Å². The van der Waals surface area contributed by atoms with Crippen molar-refractivity contribution in [2.45, 2.75) is 192 Å². The van der Waals surface area contributed by atoms with Crippen LogP contribution < -0.4 is 36.1 Å². The molecule has 2 aromatic heterocycles. The summed E-state index contributed by atoms with van der Waals surface area (Å²) in [6.45, 7) is 3.07. The van der Waals surface area contributed by atoms with Gasteiger partial charge in [0.1, 0.15) is 35.6 Å². The maximum atomic E-state index is 17.0. The van der Waals surface area contributed by atoms with Gasteiger partial charge < -0.3 is 54.7 Å². The Morgan fingerprint density at radius 1 is 0.759 bits per heavy atom. The van der Waals surface area contributed by atoms with Crippen molar-refractivity contribution in [2.24, 2.45) is 34.0 Å². The van der Waals surface area contributed by atoms with Crippen molar-refractivity contribution in [3.05, 3.63) is 124 Å². The molecule has 3 aromatic carbocycles. The van der Waals surface area contributed by atoms with Crippen molar-refractivity contribution in [1.82, 2.24) is 56.4 Å². The van der Waals surface area contributed by atoms with Crippen LogP contribution in [0.4, 0.5) is 59.4 Å². The molecular formula is C77H91F10N12O16P. The van der Waals surface area contributed by atoms with Crippen LogP contribution in [-0.2, 0) is 72.3 Å². The topological polar surface area (TPSA) is 357 Å². The number of phosphoric ester groups is 1. The second kappa shape index (κ2) is 34.1. The number of carbonyl (C=O) groups excluding carboxylic acids is 6. The average molecular weight is 1660 g/mol. The van der Waals surface area contributed by atoms with Gasteiger partial charge in [-0.25, -0.2) is 42.6 Å². The number of anilines is 1. The molecule has 0 radical (unpaired) electrons. The molecule has 39 heteroatoms. The number of piperazine rings is 1. The van der Waals surface area contributed by atoms with Crippen LogP contribution in [0.2, 0.25) is 0 Å². The van der Waals surface area contributed by atoms with Gasteiger partial charge in [-0.1, -0.05) is 43.9 Å². The van der Waals surface area contributed by atoms with Gasteiger partial charge in [0.05, 0.1) is 86.4 Å². The Morgan fingerprint density at radius 3 is 1.84 bits per heavy atom. The first-order valence-electron chi connectivity index (χ1n) is 37.4. The molecule has 3 saturated heterocycles. The number of alkyl halides is 8. The second-order valence-corrected chi connectivity index (χ2v) is 33.7. The van der Waals surface area contributed by atoms with Crippen molar-refractivity contribution in [2.75, 3.05) is 52.0 Å². The molecule has 630 valence electrons. The molecule has 12 rings (SSSR count). The molecule has 4 unspecified atom stereocenters. The number of rotatable bonds is 29. The Bertz CT molecular complexity index is 4580. The number of methoxy groups -OCH3 is 2. The summed E-state index contributed by atoms with van der Waals surface area (Å²) < 4.78 is 193. The number of hydrazine groups is 1. The maximum Gasteiger partial charge on any atom is 0.524 e. The number of amides is 5. The number of aryl methyl sites for hydroxylation is 1. The molecule has 28 nitrogen and oxygen atoms in total. The molecule has 116 heavy (non-hydrogen) atoms. The lowest BCUT2D eigenvalue weighted by Crippen LogP contribution is -2.64. The molecule has 5 heterocycles. The normalized spacial score (nSPS) is 22.0. The summed E-state index contributed by atoms with van der Waals surface area (Å²) in [4.78, 5) is 134. The number of benzene rings is 3. The minimum Gasteiger partial charge on any atom is -0.481 e. The molecule has 5 aromatic rings. The van der Waals surface area contributed by atoms with Gasteiger partial charge in [0.15, 0.2) is 0 Å². The number of halogens is 10. The summed E-state index contributed by atoms with van der Waals surface area (Å²) in [6, 6.07) is 3.54. The van der Waals surface area contributed by atoms with Gasteiger partial charge in [-0.05, 0) is 157 Å². The van der Waals surface area contributed by atoms with E-state index in [1.54, 1.807) is 17.7 Å². The largest absolute Gasteiger partial charge is 0.524 e. The van der Waals surface area contributed by atoms with E-state index in [1.807, 2.05) is 5.32 Å². The van der Waals surface area contributed by atoms with Gasteiger partial charge >= 0.3 is 50.8 Å². The van der Waals surface area contributed by atoms with E-state index in [9.17, 15) is 52.2 Å². The third kappa shape index (κ3) is 19.6. The fourth-order valence-electron chi connectivity index (χ4n) is 17.2. The number of hydrogen-bond acceptors (Lipinski definition) is 19. The van der Waals surface area contributed by atoms with E-state index in [2.05, 4.69) is 62.2 Å². The van der Waals surface area contributed by atoms with Crippen molar-refractivity contribution >= 4 is 55.6 Å². The van der Waals surface area contributed by atoms with Crippen LogP contribution in [0.3, 0.4) is 0 Å². The number of nitrogens with one attached hydrogen (secondary N) is 5. The van der Waals surface area contributed by atoms with E-state index in [4.69, 9.17) is 14.0 Å². The zero-order valence-corrected chi connectivity index (χ0v) is 65.6. The Labute approximate surface area is 660 Å². The first kappa shape index (κ1) is 87.2. The van der Waals surface area contributed by atoms with Gasteiger partial charge in [-0.15, -0.1) is 0 Å². The lowest BCUT2D eigenvalue weighted by Gasteiger charge is -2.58. The predicted octanol–water partition coefficient (Wildman–Crippen LogP) is 9.65. The number of aliphatic carboxylic acids is 1. The third-order valence-corrected chi connectivity index (χ3v) is 23.6. The first-order chi connectivity index (χ1) is 54.2. The van der Waals surface area contributed by atoms with Crippen molar-refractivity contribution in [3.63, 3.8) is 0 Å². The van der Waals surface area contributed by atoms with Crippen molar-refractivity contribution in [3.8, 4) is 28.8 Å². The summed E-state index contributed by atoms with van der Waals surface area (Å²) in [5, 5.41) is 23.6. The number of carbonyl (C=O) groups is 7. The molecule has 5 amide bonds. The van der Waals surface area contributed by atoms with E-state index < -0.39 is 187 Å². The van der Waals surface area contributed by atoms with E-state index in [-0.39, 0.29) is 44.7 Å². The zero-order chi connectivity index (χ0) is 84.7. The Kier molecular flexibility index (Phi) is 25.6. The molecule has 7 aliphatic rings. The summed E-state index contributed by atoms with van der Waals surface area (Å²) >= 11 is 0. The van der Waals surface area contributed by atoms with Crippen LogP contribution in [-0.4, -0.2) is 194 Å². The number of carboxylic acid groups (broad SMARTS) is 1. The Morgan fingerprint density at radius 2 is 1.33 bits per heavy atom. The fraction of sp³-hybridized carbons (Fsp3) is 0.558. The zero-order valence-electron chi connectivity index (χ0n) is 64.7. The highest BCUT2D eigenvalue weighted by molar-refractivity contribution is 7.46. The molecular weight excluding hydrogens is 1570 g/mol. The SMILES string of the molecule is COC(=O)N[C@H](C(=O)N[C@@H](Cc1ccc(C#Cc2cnc(N3CC4CCC(C3)N4C3COC3)nc2)cc1)[C@H](CN(Cc1c(F)cc(-c2ccn(C(F)F)n2)cc1F)NC(=O)[C@@H](NC(=O)OC)C(C)(C)C(F)(F)F)OC(=O)CC(C)(C)c1c(CC(=O)NC2C3CC4CC2CC(C(=O)O)(C4)C3)cc(C)cc1OP(=O)(O)O)C(C)(C)C(F)(F)F. The van der Waals surface area contributed by atoms with Crippen LogP contribution in [0.1, 0.15) is 138 Å². The van der Waals surface area contributed by atoms with Crippen molar-refractivity contribution in [1.29, 1.82) is 0 Å². The minimum absolute atomic E-state index is 0.0156. The summed E-state index contributed by atoms with van der Waals surface area (Å²) in [6.07, 6.45) is -10.3. The van der Waals surface area contributed by atoms with E-state index >= 15 is 44.7 Å². The number of nitrogens with zero attached hydrogens (tertiary/aromatic N) is 7. The van der Waals surface area contributed by atoms with Crippen LogP contribution in [0, 0.1) is 64.4 Å². The smallest absolute Gasteiger partial charge is 0.481 e. The van der Waals surface area contributed by atoms with E-state index in [0.717, 1.165) is 39.3 Å². The maximum absolute atomic E-state index is 17.0. The molecule has 0 spiro atoms. The standard InChI is InChI=1S/C77H91F10N12O16P/c1-40-20-46(27-59(100)91-62-47-22-44-23-48(62)30-75(28-44,29-47)67(104)105)61(57(21-40)115-116(108,109)110)72(2,3)31-60(101)114-58(37-97(95-66(103)64(93-71(107)112-9)74(6,7)77(85,86)87)36-52-53(78)25-45(26-54(52)79)55-18-19-98(94-55)68(80)81)56(90-65(102)63(92-70(106)111-8)73(4,5)76(82,83)84)24-42-13-10-41(11-14-42)12-15-43-32-88-69(89-33-43)96-34-49-16-17-50(35-96)99(49)51-38-113-39-51/h10-11,13-14,18-21,25-26,32-33,44,47-51,56,58,62-64,68H,16-17,22-24,27-31,34-39H2,1-9H3,(H,90,102)(H,91,100)(H,92,106)(H,93,107)(H,95,103)(H,104,105)(H2,108,109,110)/t44?,47?,48?,49?,50?,56-,58-,62?,63+,64+,75?/m0/s1. The number of fused-ring (bicyclic) bond motifs is 2. The van der Waals surface area contributed by atoms with Gasteiger partial charge in [-0.3, -0.25) is 44.1 Å². The minimum atomic E-state index is -5.57. The van der Waals surface area contributed by atoms with E-state index in [0.29, 0.717) is 138 Å². The number of ether oxygens (including phenoxy) is 4. The summed E-state index contributed by atoms with van der Waals surface area (Å²) in [5.74, 6) is -4.07. The highest BCUT2D eigenvalue weighted by Gasteiger charge is 2.61. The quantitative estimate of drug-likeness (QED) is 0.00551. The molecule has 6 bridgehead atoms. The number of phosphoric acid groups is 1. The average Bonchev–Trinajstić information content (AvgIpc) is 0.928. The third-order valence-electron chi connectivity index (χ3n) is 23.1. The molecule has 7 fully saturated rings. The molecule has 4 saturated carbocycles. The first-order valence-corrected chi connectivity index (χ1v) is 38.9. The van der Waals surface area contributed by atoms with Gasteiger partial charge in [0, 0.05) is 84.0 Å². The number of hydrogen-bond donors (Lipinski definition) is 8. The molecule has 8 N–H and O–H groups in total. The number of esters is 1. The van der Waals surface area contributed by atoms with Crippen molar-refractivity contribution < 1.29 is 120 Å². The Balaban J connectivity index is 1.000. The second-order valence-electron chi connectivity index (χ2n) is 32.6. The predicted molar refractivity (Wildman–Crippen MR) is 392 cm³/mol. The van der Waals surface area contributed by atoms with Crippen LogP contribution in [0.15, 0.2) is 73.2 Å². The van der Waals surface area contributed by atoms with Crippen LogP contribution in [0.5, 0.6) is 5.75 Å². The number of alkyl carbamates (subject to hydrolysis) is 2. The molecule has 8 atom stereocenters. The highest BCUT2D eigenvalue weighted by atomic mass is 31.2. The summed E-state index contributed by atoms with van der Waals surface area (Å²) in [7, 11) is -4.07. The van der Waals surface area contributed by atoms with Crippen LogP contribution in [0.25, 0.3) is 11.3 Å². The van der Waals surface area contributed by atoms with Gasteiger partial charge in [-0.2, -0.15) is 40.2 Å². The number of aromatic nitrogens is 4. The fourth-order valence-corrected chi connectivity index (χ4v) is 17.6. The monoisotopic (exact) mass is 1660 g/mol. The van der Waals surface area contributed by atoms with E-state index in [1.165, 1.54) is 57.2 Å². The van der Waals surface area contributed by atoms with Crippen LogP contribution >= 0.6 is 7.82 Å². The van der Waals surface area contributed by atoms with Gasteiger partial charge in [0.2, 0.25) is 17.8 Å². The lowest BCUT2D eigenvalue weighted by molar-refractivity contribution is -0.221. The lowest BCUT2D eigenvalue weighted by atomic mass is 9.48. The highest BCUT2D eigenvalue weighted by Crippen LogP contribution is 2.60. The molecule has 4 aliphatic carbocycles. The molecule has 3 aliphatic heterocycles. The summed E-state index contributed by atoms with van der Waals surface area (Å²) in [5.41, 5.74) is -8.37.